The molecule has 1 N–H and O–H groups in total. The van der Waals surface area contributed by atoms with Gasteiger partial charge in [0.05, 0.1) is 16.8 Å². The number of hydrogen-bond donors (Lipinski definition) is 1. The minimum Gasteiger partial charge on any atom is -0.507 e. The number of amides is 1. The summed E-state index contributed by atoms with van der Waals surface area (Å²) in [7, 11) is 3.77. The Morgan fingerprint density at radius 1 is 1.06 bits per heavy atom. The molecule has 3 aromatic rings. The van der Waals surface area contributed by atoms with E-state index in [1.54, 1.807) is 24.3 Å². The summed E-state index contributed by atoms with van der Waals surface area (Å²) < 4.78 is 5.51. The van der Waals surface area contributed by atoms with Crippen LogP contribution in [0.25, 0.3) is 5.76 Å². The zero-order chi connectivity index (χ0) is 23.0. The molecular formula is C23H19N3O6. The molecular weight excluding hydrogens is 414 g/mol. The molecule has 4 rings (SSSR count). The van der Waals surface area contributed by atoms with E-state index < -0.39 is 28.4 Å². The van der Waals surface area contributed by atoms with Crippen LogP contribution in [-0.2, 0) is 9.59 Å². The SMILES string of the molecule is CN(C)c1ccc(N2C(=O)C(=O)/C(=C(\O)c3ccc([N+](=O)[O-])cc3)C2c2ccco2)cc1. The molecule has 1 aromatic heterocycles. The summed E-state index contributed by atoms with van der Waals surface area (Å²) in [6, 6.07) is 14.4. The van der Waals surface area contributed by atoms with Crippen molar-refractivity contribution in [3.05, 3.63) is 93.9 Å². The van der Waals surface area contributed by atoms with Gasteiger partial charge in [0.1, 0.15) is 17.6 Å². The van der Waals surface area contributed by atoms with Crippen molar-refractivity contribution >= 4 is 34.5 Å². The predicted molar refractivity (Wildman–Crippen MR) is 117 cm³/mol. The number of nitro groups is 1. The van der Waals surface area contributed by atoms with E-state index in [0.717, 1.165) is 5.69 Å². The summed E-state index contributed by atoms with van der Waals surface area (Å²) in [6.45, 7) is 0. The molecule has 1 atom stereocenters. The van der Waals surface area contributed by atoms with Gasteiger partial charge in [-0.1, -0.05) is 0 Å². The van der Waals surface area contributed by atoms with Crippen molar-refractivity contribution in [1.29, 1.82) is 0 Å². The van der Waals surface area contributed by atoms with E-state index in [0.29, 0.717) is 11.4 Å². The van der Waals surface area contributed by atoms with Gasteiger partial charge >= 0.3 is 0 Å². The van der Waals surface area contributed by atoms with Gasteiger partial charge in [-0.2, -0.15) is 0 Å². The van der Waals surface area contributed by atoms with E-state index in [4.69, 9.17) is 4.42 Å². The zero-order valence-corrected chi connectivity index (χ0v) is 17.3. The van der Waals surface area contributed by atoms with Crippen molar-refractivity contribution in [1.82, 2.24) is 0 Å². The Bertz CT molecular complexity index is 1210. The highest BCUT2D eigenvalue weighted by Crippen LogP contribution is 2.42. The average Bonchev–Trinajstić information content (AvgIpc) is 3.40. The number of nitro benzene ring substituents is 1. The molecule has 1 fully saturated rings. The number of aliphatic hydroxyl groups excluding tert-OH is 1. The number of Topliss-reactive ketones (excluding diaryl/α,β-unsaturated/α-hetero) is 1. The molecule has 1 amide bonds. The van der Waals surface area contributed by atoms with E-state index >= 15 is 0 Å². The Labute approximate surface area is 182 Å². The third-order valence-electron chi connectivity index (χ3n) is 5.25. The second-order valence-electron chi connectivity index (χ2n) is 7.40. The topological polar surface area (TPSA) is 117 Å². The molecule has 2 heterocycles. The zero-order valence-electron chi connectivity index (χ0n) is 17.3. The van der Waals surface area contributed by atoms with Crippen LogP contribution in [0, 0.1) is 10.1 Å². The lowest BCUT2D eigenvalue weighted by molar-refractivity contribution is -0.384. The molecule has 9 nitrogen and oxygen atoms in total. The average molecular weight is 433 g/mol. The van der Waals surface area contributed by atoms with Gasteiger partial charge in [0, 0.05) is 43.2 Å². The number of furan rings is 1. The number of ketones is 1. The molecule has 1 aliphatic rings. The van der Waals surface area contributed by atoms with Gasteiger partial charge in [0.25, 0.3) is 17.4 Å². The lowest BCUT2D eigenvalue weighted by Gasteiger charge is -2.24. The summed E-state index contributed by atoms with van der Waals surface area (Å²) in [5.41, 5.74) is 1.22. The molecule has 1 unspecified atom stereocenters. The second-order valence-corrected chi connectivity index (χ2v) is 7.40. The van der Waals surface area contributed by atoms with Crippen molar-refractivity contribution < 1.29 is 24.0 Å². The maximum atomic E-state index is 13.0. The first-order valence-corrected chi connectivity index (χ1v) is 9.66. The van der Waals surface area contributed by atoms with Gasteiger partial charge in [-0.25, -0.2) is 0 Å². The summed E-state index contributed by atoms with van der Waals surface area (Å²) in [6.07, 6.45) is 1.41. The van der Waals surface area contributed by atoms with Crippen LogP contribution < -0.4 is 9.80 Å². The summed E-state index contributed by atoms with van der Waals surface area (Å²) >= 11 is 0. The minimum absolute atomic E-state index is 0.157. The third-order valence-corrected chi connectivity index (χ3v) is 5.25. The van der Waals surface area contributed by atoms with E-state index in [9.17, 15) is 24.8 Å². The lowest BCUT2D eigenvalue weighted by atomic mass is 9.99. The van der Waals surface area contributed by atoms with E-state index in [2.05, 4.69) is 0 Å². The van der Waals surface area contributed by atoms with Crippen LogP contribution in [0.1, 0.15) is 17.4 Å². The molecule has 0 saturated carbocycles. The number of non-ortho nitro benzene ring substituents is 1. The Kier molecular flexibility index (Phi) is 5.23. The number of carbonyl (C=O) groups excluding carboxylic acids is 2. The van der Waals surface area contributed by atoms with Crippen molar-refractivity contribution in [3.8, 4) is 0 Å². The number of benzene rings is 2. The van der Waals surface area contributed by atoms with E-state index in [1.165, 1.54) is 35.4 Å². The molecule has 32 heavy (non-hydrogen) atoms. The maximum Gasteiger partial charge on any atom is 0.300 e. The van der Waals surface area contributed by atoms with Crippen LogP contribution in [0.15, 0.2) is 76.9 Å². The number of hydrogen-bond acceptors (Lipinski definition) is 7. The smallest absolute Gasteiger partial charge is 0.300 e. The first kappa shape index (κ1) is 20.9. The van der Waals surface area contributed by atoms with Crippen molar-refractivity contribution in [3.63, 3.8) is 0 Å². The summed E-state index contributed by atoms with van der Waals surface area (Å²) in [5.74, 6) is -1.83. The largest absolute Gasteiger partial charge is 0.507 e. The lowest BCUT2D eigenvalue weighted by Crippen LogP contribution is -2.29. The molecule has 0 bridgehead atoms. The van der Waals surface area contributed by atoms with Gasteiger partial charge in [-0.15, -0.1) is 0 Å². The van der Waals surface area contributed by atoms with Crippen LogP contribution in [0.4, 0.5) is 17.1 Å². The highest BCUT2D eigenvalue weighted by molar-refractivity contribution is 6.51. The van der Waals surface area contributed by atoms with Crippen molar-refractivity contribution in [2.75, 3.05) is 23.9 Å². The fourth-order valence-corrected chi connectivity index (χ4v) is 3.62. The quantitative estimate of drug-likeness (QED) is 0.213. The number of nitrogens with zero attached hydrogens (tertiary/aromatic N) is 3. The molecule has 1 aliphatic heterocycles. The molecule has 2 aromatic carbocycles. The standard InChI is InChI=1S/C23H19N3O6/c1-24(2)15-9-11-16(12-10-15)25-20(18-4-3-13-32-18)19(22(28)23(25)29)21(27)14-5-7-17(8-6-14)26(30)31/h3-13,20,27H,1-2H3/b21-19-. The van der Waals surface area contributed by atoms with E-state index in [1.807, 2.05) is 31.1 Å². The molecule has 162 valence electrons. The molecule has 0 aliphatic carbocycles. The van der Waals surface area contributed by atoms with Gasteiger partial charge < -0.3 is 14.4 Å². The fourth-order valence-electron chi connectivity index (χ4n) is 3.62. The highest BCUT2D eigenvalue weighted by atomic mass is 16.6. The predicted octanol–water partition coefficient (Wildman–Crippen LogP) is 3.88. The first-order valence-electron chi connectivity index (χ1n) is 9.66. The van der Waals surface area contributed by atoms with Crippen LogP contribution >= 0.6 is 0 Å². The molecule has 0 spiro atoms. The van der Waals surface area contributed by atoms with Gasteiger partial charge in [-0.3, -0.25) is 24.6 Å². The second kappa shape index (κ2) is 8.03. The summed E-state index contributed by atoms with van der Waals surface area (Å²) in [4.78, 5) is 39.5. The van der Waals surface area contributed by atoms with Crippen LogP contribution in [-0.4, -0.2) is 35.8 Å². The van der Waals surface area contributed by atoms with Crippen molar-refractivity contribution in [2.24, 2.45) is 0 Å². The summed E-state index contributed by atoms with van der Waals surface area (Å²) in [5, 5.41) is 21.9. The minimum atomic E-state index is -0.995. The first-order chi connectivity index (χ1) is 15.3. The van der Waals surface area contributed by atoms with Gasteiger partial charge in [0.2, 0.25) is 0 Å². The van der Waals surface area contributed by atoms with Crippen molar-refractivity contribution in [2.45, 2.75) is 6.04 Å². The highest BCUT2D eigenvalue weighted by Gasteiger charge is 2.48. The van der Waals surface area contributed by atoms with Crippen LogP contribution in [0.5, 0.6) is 0 Å². The number of carbonyl (C=O) groups is 2. The fraction of sp³-hybridized carbons (Fsp3) is 0.130. The third kappa shape index (κ3) is 3.49. The van der Waals surface area contributed by atoms with Gasteiger partial charge in [-0.05, 0) is 48.5 Å². The number of rotatable bonds is 5. The van der Waals surface area contributed by atoms with Crippen LogP contribution in [0.3, 0.4) is 0 Å². The Morgan fingerprint density at radius 3 is 2.25 bits per heavy atom. The molecule has 9 heteroatoms. The Hall–Kier alpha value is -4.40. The maximum absolute atomic E-state index is 13.0. The Morgan fingerprint density at radius 2 is 1.72 bits per heavy atom. The number of anilines is 2. The van der Waals surface area contributed by atoms with Crippen LogP contribution in [0.2, 0.25) is 0 Å². The molecule has 0 radical (unpaired) electrons. The Balaban J connectivity index is 1.85. The normalized spacial score (nSPS) is 17.6. The monoisotopic (exact) mass is 433 g/mol. The van der Waals surface area contributed by atoms with Gasteiger partial charge in [0.15, 0.2) is 0 Å². The van der Waals surface area contributed by atoms with E-state index in [-0.39, 0.29) is 16.8 Å². The number of aliphatic hydroxyl groups is 1. The molecule has 1 saturated heterocycles.